The average Bonchev–Trinajstić information content (AvgIpc) is 3.19. The van der Waals surface area contributed by atoms with Gasteiger partial charge in [0, 0.05) is 43.6 Å². The van der Waals surface area contributed by atoms with Crippen LogP contribution in [0.25, 0.3) is 11.1 Å². The number of carbonyl (C=O) groups excluding carboxylic acids is 1. The van der Waals surface area contributed by atoms with E-state index in [0.29, 0.717) is 49.0 Å². The maximum Gasteiger partial charge on any atom is 0.420 e. The Balaban J connectivity index is 1.23. The molecule has 10 nitrogen and oxygen atoms in total. The number of benzene rings is 2. The number of oxazole rings is 1. The van der Waals surface area contributed by atoms with E-state index in [0.717, 1.165) is 17.1 Å². The highest BCUT2D eigenvalue weighted by atomic mass is 16.5. The number of fused-ring (bicyclic) bond motifs is 1. The van der Waals surface area contributed by atoms with E-state index in [-0.39, 0.29) is 12.5 Å². The number of hydrogen-bond donors (Lipinski definition) is 1. The number of nitrogens with one attached hydrogen (secondary N) is 1. The number of nitrogens with zero attached hydrogens (tertiary/aromatic N) is 5. The molecule has 2 aromatic carbocycles. The third-order valence-corrected chi connectivity index (χ3v) is 5.99. The van der Waals surface area contributed by atoms with Gasteiger partial charge >= 0.3 is 5.76 Å². The monoisotopic (exact) mass is 474 g/mol. The largest absolute Gasteiger partial charge is 0.497 e. The van der Waals surface area contributed by atoms with Gasteiger partial charge in [-0.2, -0.15) is 4.98 Å². The molecule has 0 bridgehead atoms. The summed E-state index contributed by atoms with van der Waals surface area (Å²) in [6.07, 6.45) is 0. The maximum absolute atomic E-state index is 12.9. The molecule has 180 valence electrons. The number of piperazine rings is 1. The maximum atomic E-state index is 12.9. The van der Waals surface area contributed by atoms with Gasteiger partial charge in [-0.15, -0.1) is 0 Å². The Hall–Kier alpha value is -4.34. The fourth-order valence-electron chi connectivity index (χ4n) is 4.14. The van der Waals surface area contributed by atoms with Crippen LogP contribution in [0.3, 0.4) is 0 Å². The quantitative estimate of drug-likeness (QED) is 0.455. The lowest BCUT2D eigenvalue weighted by Gasteiger charge is -2.35. The van der Waals surface area contributed by atoms with E-state index in [1.54, 1.807) is 30.2 Å². The van der Waals surface area contributed by atoms with Gasteiger partial charge in [-0.3, -0.25) is 9.36 Å². The first-order valence-electron chi connectivity index (χ1n) is 11.4. The molecule has 0 atom stereocenters. The van der Waals surface area contributed by atoms with E-state index in [2.05, 4.69) is 20.2 Å². The first-order valence-corrected chi connectivity index (χ1v) is 11.4. The summed E-state index contributed by atoms with van der Waals surface area (Å²) in [5, 5.41) is 3.31. The van der Waals surface area contributed by atoms with Crippen LogP contribution in [0.4, 0.5) is 17.5 Å². The second-order valence-electron chi connectivity index (χ2n) is 8.34. The number of para-hydroxylation sites is 2. The molecule has 10 heteroatoms. The Kier molecular flexibility index (Phi) is 6.09. The molecule has 2 aromatic heterocycles. The summed E-state index contributed by atoms with van der Waals surface area (Å²) in [6.45, 7) is 4.10. The second kappa shape index (κ2) is 9.49. The van der Waals surface area contributed by atoms with Crippen molar-refractivity contribution in [2.24, 2.45) is 0 Å². The van der Waals surface area contributed by atoms with Crippen molar-refractivity contribution in [2.75, 3.05) is 43.5 Å². The minimum Gasteiger partial charge on any atom is -0.497 e. The molecule has 1 aliphatic heterocycles. The molecule has 35 heavy (non-hydrogen) atoms. The molecule has 4 aromatic rings. The molecule has 0 saturated carbocycles. The summed E-state index contributed by atoms with van der Waals surface area (Å²) >= 11 is 0. The Morgan fingerprint density at radius 3 is 2.54 bits per heavy atom. The molecule has 0 unspecified atom stereocenters. The number of amides is 1. The number of aromatic nitrogens is 3. The molecular weight excluding hydrogens is 448 g/mol. The van der Waals surface area contributed by atoms with E-state index in [4.69, 9.17) is 9.15 Å². The average molecular weight is 475 g/mol. The zero-order chi connectivity index (χ0) is 24.4. The van der Waals surface area contributed by atoms with Gasteiger partial charge in [0.05, 0.1) is 12.6 Å². The Morgan fingerprint density at radius 2 is 1.80 bits per heavy atom. The van der Waals surface area contributed by atoms with Crippen molar-refractivity contribution < 1.29 is 13.9 Å². The van der Waals surface area contributed by atoms with E-state index < -0.39 is 5.76 Å². The number of anilines is 3. The lowest BCUT2D eigenvalue weighted by molar-refractivity contribution is -0.132. The molecule has 5 rings (SSSR count). The highest BCUT2D eigenvalue weighted by molar-refractivity contribution is 5.79. The number of rotatable bonds is 6. The third-order valence-electron chi connectivity index (χ3n) is 5.99. The normalized spacial score (nSPS) is 13.8. The SMILES string of the molecule is COc1ccc(Nc2cc(C)nc(N3CCN(C(=O)Cn4c(=O)oc5ccccc54)CC3)n2)cc1. The number of carbonyl (C=O) groups is 1. The predicted molar refractivity (Wildman–Crippen MR) is 132 cm³/mol. The van der Waals surface area contributed by atoms with Crippen LogP contribution in [0.1, 0.15) is 5.69 Å². The van der Waals surface area contributed by atoms with Crippen molar-refractivity contribution in [1.82, 2.24) is 19.4 Å². The topological polar surface area (TPSA) is 106 Å². The Labute approximate surface area is 201 Å². The van der Waals surface area contributed by atoms with Crippen LogP contribution < -0.4 is 20.7 Å². The highest BCUT2D eigenvalue weighted by Gasteiger charge is 2.24. The van der Waals surface area contributed by atoms with Crippen LogP contribution in [-0.4, -0.2) is 58.6 Å². The van der Waals surface area contributed by atoms with E-state index in [1.165, 1.54) is 4.57 Å². The van der Waals surface area contributed by atoms with Crippen LogP contribution in [-0.2, 0) is 11.3 Å². The van der Waals surface area contributed by atoms with Gasteiger partial charge in [-0.1, -0.05) is 12.1 Å². The summed E-state index contributed by atoms with van der Waals surface area (Å²) < 4.78 is 11.8. The molecule has 0 aliphatic carbocycles. The van der Waals surface area contributed by atoms with Crippen LogP contribution in [0.15, 0.2) is 63.8 Å². The number of hydrogen-bond acceptors (Lipinski definition) is 8. The minimum atomic E-state index is -0.525. The number of methoxy groups -OCH3 is 1. The molecule has 0 radical (unpaired) electrons. The van der Waals surface area contributed by atoms with Gasteiger partial charge in [-0.25, -0.2) is 9.78 Å². The molecule has 1 saturated heterocycles. The first-order chi connectivity index (χ1) is 17.0. The van der Waals surface area contributed by atoms with Crippen LogP contribution in [0.5, 0.6) is 5.75 Å². The Bertz CT molecular complexity index is 1400. The van der Waals surface area contributed by atoms with Gasteiger partial charge < -0.3 is 24.3 Å². The van der Waals surface area contributed by atoms with Crippen molar-refractivity contribution in [1.29, 1.82) is 0 Å². The van der Waals surface area contributed by atoms with E-state index in [1.807, 2.05) is 43.3 Å². The van der Waals surface area contributed by atoms with Crippen LogP contribution >= 0.6 is 0 Å². The summed E-state index contributed by atoms with van der Waals surface area (Å²) in [5.74, 6) is 1.45. The van der Waals surface area contributed by atoms with Gasteiger partial charge in [0.15, 0.2) is 5.58 Å². The summed E-state index contributed by atoms with van der Waals surface area (Å²) in [4.78, 5) is 38.2. The summed E-state index contributed by atoms with van der Waals surface area (Å²) in [5.41, 5.74) is 2.84. The Morgan fingerprint density at radius 1 is 1.06 bits per heavy atom. The molecule has 1 amide bonds. The molecule has 3 heterocycles. The fourth-order valence-corrected chi connectivity index (χ4v) is 4.14. The lowest BCUT2D eigenvalue weighted by atomic mass is 10.3. The van der Waals surface area contributed by atoms with Crippen LogP contribution in [0, 0.1) is 6.92 Å². The lowest BCUT2D eigenvalue weighted by Crippen LogP contribution is -2.50. The van der Waals surface area contributed by atoms with Crippen molar-refractivity contribution in [3.8, 4) is 5.75 Å². The van der Waals surface area contributed by atoms with Crippen molar-refractivity contribution in [3.05, 3.63) is 70.8 Å². The van der Waals surface area contributed by atoms with Gasteiger partial charge in [-0.05, 0) is 43.3 Å². The van der Waals surface area contributed by atoms with Crippen molar-refractivity contribution >= 4 is 34.5 Å². The van der Waals surface area contributed by atoms with E-state index >= 15 is 0 Å². The fraction of sp³-hybridized carbons (Fsp3) is 0.280. The van der Waals surface area contributed by atoms with E-state index in [9.17, 15) is 9.59 Å². The molecule has 1 fully saturated rings. The molecule has 1 N–H and O–H groups in total. The predicted octanol–water partition coefficient (Wildman–Crippen LogP) is 2.79. The van der Waals surface area contributed by atoms with Gasteiger partial charge in [0.1, 0.15) is 18.1 Å². The zero-order valence-electron chi connectivity index (χ0n) is 19.6. The minimum absolute atomic E-state index is 0.0489. The molecular formula is C25H26N6O4. The zero-order valence-corrected chi connectivity index (χ0v) is 19.6. The number of aryl methyl sites for hydroxylation is 1. The molecule has 1 aliphatic rings. The first kappa shape index (κ1) is 22.5. The third kappa shape index (κ3) is 4.81. The smallest absolute Gasteiger partial charge is 0.420 e. The van der Waals surface area contributed by atoms with Crippen molar-refractivity contribution in [2.45, 2.75) is 13.5 Å². The van der Waals surface area contributed by atoms with Crippen molar-refractivity contribution in [3.63, 3.8) is 0 Å². The molecule has 0 spiro atoms. The standard InChI is InChI=1S/C25H26N6O4/c1-17-15-22(27-18-7-9-19(34-2)10-8-18)28-24(26-17)30-13-11-29(12-14-30)23(32)16-31-20-5-3-4-6-21(20)35-25(31)33/h3-10,15H,11-14,16H2,1-2H3,(H,26,27,28). The van der Waals surface area contributed by atoms with Gasteiger partial charge in [0.2, 0.25) is 11.9 Å². The van der Waals surface area contributed by atoms with Gasteiger partial charge in [0.25, 0.3) is 0 Å². The summed E-state index contributed by atoms with van der Waals surface area (Å²) in [6, 6.07) is 16.6. The summed E-state index contributed by atoms with van der Waals surface area (Å²) in [7, 11) is 1.63. The van der Waals surface area contributed by atoms with Crippen LogP contribution in [0.2, 0.25) is 0 Å². The second-order valence-corrected chi connectivity index (χ2v) is 8.34. The highest BCUT2D eigenvalue weighted by Crippen LogP contribution is 2.22. The number of ether oxygens (including phenoxy) is 1.